The first-order valence-corrected chi connectivity index (χ1v) is 7.48. The van der Waals surface area contributed by atoms with Crippen LogP contribution in [0, 0.1) is 5.92 Å². The SMILES string of the molecule is CN=C(NCC1CC1)NCC(C)(C)c1cccs1.I. The molecule has 0 radical (unpaired) electrons. The minimum Gasteiger partial charge on any atom is -0.356 e. The van der Waals surface area contributed by atoms with E-state index in [4.69, 9.17) is 0 Å². The van der Waals surface area contributed by atoms with Gasteiger partial charge in [0, 0.05) is 30.4 Å². The first-order chi connectivity index (χ1) is 8.62. The number of halogens is 1. The van der Waals surface area contributed by atoms with Crippen LogP contribution in [0.1, 0.15) is 31.6 Å². The molecule has 1 fully saturated rings. The predicted molar refractivity (Wildman–Crippen MR) is 94.8 cm³/mol. The summed E-state index contributed by atoms with van der Waals surface area (Å²) >= 11 is 1.82. The second kappa shape index (κ2) is 7.47. The van der Waals surface area contributed by atoms with E-state index < -0.39 is 0 Å². The summed E-state index contributed by atoms with van der Waals surface area (Å²) in [6, 6.07) is 4.31. The van der Waals surface area contributed by atoms with Gasteiger partial charge in [0.15, 0.2) is 5.96 Å². The van der Waals surface area contributed by atoms with E-state index in [1.54, 1.807) is 0 Å². The van der Waals surface area contributed by atoms with Crippen molar-refractivity contribution in [1.82, 2.24) is 10.6 Å². The summed E-state index contributed by atoms with van der Waals surface area (Å²) in [5.74, 6) is 1.79. The quantitative estimate of drug-likeness (QED) is 0.458. The molecule has 3 nitrogen and oxygen atoms in total. The Balaban J connectivity index is 0.00000180. The highest BCUT2D eigenvalue weighted by Gasteiger charge is 2.23. The molecule has 0 bridgehead atoms. The molecule has 19 heavy (non-hydrogen) atoms. The normalized spacial score (nSPS) is 15.8. The zero-order valence-electron chi connectivity index (χ0n) is 11.9. The maximum atomic E-state index is 4.27. The zero-order valence-corrected chi connectivity index (χ0v) is 15.0. The van der Waals surface area contributed by atoms with Gasteiger partial charge in [-0.1, -0.05) is 19.9 Å². The van der Waals surface area contributed by atoms with Crippen molar-refractivity contribution in [3.63, 3.8) is 0 Å². The molecule has 0 unspecified atom stereocenters. The van der Waals surface area contributed by atoms with Crippen LogP contribution in [0.15, 0.2) is 22.5 Å². The average Bonchev–Trinajstić information content (AvgIpc) is 3.00. The fourth-order valence-corrected chi connectivity index (χ4v) is 2.69. The van der Waals surface area contributed by atoms with Gasteiger partial charge in [0.1, 0.15) is 0 Å². The first-order valence-electron chi connectivity index (χ1n) is 6.60. The summed E-state index contributed by atoms with van der Waals surface area (Å²) in [4.78, 5) is 5.68. The van der Waals surface area contributed by atoms with Crippen LogP contribution in [-0.2, 0) is 5.41 Å². The van der Waals surface area contributed by atoms with Crippen molar-refractivity contribution in [2.75, 3.05) is 20.1 Å². The van der Waals surface area contributed by atoms with Crippen LogP contribution in [0.4, 0.5) is 0 Å². The summed E-state index contributed by atoms with van der Waals surface area (Å²) in [6.07, 6.45) is 2.73. The number of nitrogens with one attached hydrogen (secondary N) is 2. The molecule has 108 valence electrons. The minimum atomic E-state index is 0. The smallest absolute Gasteiger partial charge is 0.191 e. The van der Waals surface area contributed by atoms with E-state index in [2.05, 4.69) is 47.0 Å². The molecule has 0 aromatic carbocycles. The van der Waals surface area contributed by atoms with Crippen LogP contribution in [0.5, 0.6) is 0 Å². The van der Waals surface area contributed by atoms with Gasteiger partial charge in [0.2, 0.25) is 0 Å². The molecule has 1 aliphatic carbocycles. The Morgan fingerprint density at radius 2 is 2.16 bits per heavy atom. The minimum absolute atomic E-state index is 0. The summed E-state index contributed by atoms with van der Waals surface area (Å²) < 4.78 is 0. The van der Waals surface area contributed by atoms with E-state index in [1.807, 2.05) is 18.4 Å². The van der Waals surface area contributed by atoms with Gasteiger partial charge in [-0.15, -0.1) is 35.3 Å². The van der Waals surface area contributed by atoms with Gasteiger partial charge in [-0.3, -0.25) is 4.99 Å². The van der Waals surface area contributed by atoms with Crippen LogP contribution in [0.3, 0.4) is 0 Å². The van der Waals surface area contributed by atoms with Crippen molar-refractivity contribution in [3.8, 4) is 0 Å². The van der Waals surface area contributed by atoms with Gasteiger partial charge in [-0.05, 0) is 30.2 Å². The van der Waals surface area contributed by atoms with Crippen molar-refractivity contribution in [1.29, 1.82) is 0 Å². The Morgan fingerprint density at radius 1 is 1.42 bits per heavy atom. The van der Waals surface area contributed by atoms with E-state index in [1.165, 1.54) is 17.7 Å². The average molecular weight is 393 g/mol. The monoisotopic (exact) mass is 393 g/mol. The van der Waals surface area contributed by atoms with Gasteiger partial charge in [0.05, 0.1) is 0 Å². The highest BCUT2D eigenvalue weighted by molar-refractivity contribution is 14.0. The number of hydrogen-bond donors (Lipinski definition) is 2. The zero-order chi connectivity index (χ0) is 13.0. The largest absolute Gasteiger partial charge is 0.356 e. The van der Waals surface area contributed by atoms with Crippen LogP contribution < -0.4 is 10.6 Å². The molecule has 1 aromatic heterocycles. The van der Waals surface area contributed by atoms with Gasteiger partial charge in [-0.2, -0.15) is 0 Å². The lowest BCUT2D eigenvalue weighted by Gasteiger charge is -2.25. The van der Waals surface area contributed by atoms with Gasteiger partial charge in [-0.25, -0.2) is 0 Å². The predicted octanol–water partition coefficient (Wildman–Crippen LogP) is 3.22. The number of nitrogens with zero attached hydrogens (tertiary/aromatic N) is 1. The lowest BCUT2D eigenvalue weighted by atomic mass is 9.91. The Morgan fingerprint density at radius 3 is 2.68 bits per heavy atom. The standard InChI is InChI=1S/C14H23N3S.HI/c1-14(2,12-5-4-8-18-12)10-17-13(15-3)16-9-11-6-7-11;/h4-5,8,11H,6-7,9-10H2,1-3H3,(H2,15,16,17);1H. The van der Waals surface area contributed by atoms with Crippen molar-refractivity contribution in [2.45, 2.75) is 32.1 Å². The molecule has 0 atom stereocenters. The fourth-order valence-electron chi connectivity index (χ4n) is 1.84. The molecular formula is C14H24IN3S. The second-order valence-electron chi connectivity index (χ2n) is 5.61. The Bertz CT molecular complexity index is 397. The number of hydrogen-bond acceptors (Lipinski definition) is 2. The summed E-state index contributed by atoms with van der Waals surface area (Å²) in [6.45, 7) is 6.48. The highest BCUT2D eigenvalue weighted by Crippen LogP contribution is 2.28. The Hall–Kier alpha value is -0.300. The molecule has 2 N–H and O–H groups in total. The summed E-state index contributed by atoms with van der Waals surface area (Å²) in [7, 11) is 1.83. The molecule has 0 saturated heterocycles. The van der Waals surface area contributed by atoms with Gasteiger partial charge in [0.25, 0.3) is 0 Å². The van der Waals surface area contributed by atoms with E-state index in [0.717, 1.165) is 25.0 Å². The Kier molecular flexibility index (Phi) is 6.59. The topological polar surface area (TPSA) is 36.4 Å². The lowest BCUT2D eigenvalue weighted by molar-refractivity contribution is 0.518. The van der Waals surface area contributed by atoms with Crippen molar-refractivity contribution in [2.24, 2.45) is 10.9 Å². The number of aliphatic imine (C=N–C) groups is 1. The molecule has 5 heteroatoms. The van der Waals surface area contributed by atoms with E-state index in [-0.39, 0.29) is 29.4 Å². The molecule has 2 rings (SSSR count). The molecule has 1 heterocycles. The van der Waals surface area contributed by atoms with E-state index in [9.17, 15) is 0 Å². The third kappa shape index (κ3) is 5.30. The van der Waals surface area contributed by atoms with Crippen molar-refractivity contribution in [3.05, 3.63) is 22.4 Å². The number of guanidine groups is 1. The molecular weight excluding hydrogens is 369 g/mol. The van der Waals surface area contributed by atoms with E-state index >= 15 is 0 Å². The van der Waals surface area contributed by atoms with Gasteiger partial charge < -0.3 is 10.6 Å². The molecule has 1 aromatic rings. The van der Waals surface area contributed by atoms with Gasteiger partial charge >= 0.3 is 0 Å². The molecule has 0 spiro atoms. The molecule has 0 aliphatic heterocycles. The summed E-state index contributed by atoms with van der Waals surface area (Å²) in [5.41, 5.74) is 0.144. The van der Waals surface area contributed by atoms with Crippen LogP contribution in [-0.4, -0.2) is 26.1 Å². The molecule has 1 saturated carbocycles. The third-order valence-corrected chi connectivity index (χ3v) is 4.60. The van der Waals surface area contributed by atoms with Crippen LogP contribution in [0.2, 0.25) is 0 Å². The second-order valence-corrected chi connectivity index (χ2v) is 6.56. The lowest BCUT2D eigenvalue weighted by Crippen LogP contribution is -2.43. The molecule has 1 aliphatic rings. The fraction of sp³-hybridized carbons (Fsp3) is 0.643. The highest BCUT2D eigenvalue weighted by atomic mass is 127. The maximum Gasteiger partial charge on any atom is 0.191 e. The maximum absolute atomic E-state index is 4.27. The summed E-state index contributed by atoms with van der Waals surface area (Å²) in [5, 5.41) is 8.95. The Labute approximate surface area is 137 Å². The van der Waals surface area contributed by atoms with Crippen LogP contribution >= 0.6 is 35.3 Å². The first kappa shape index (κ1) is 16.8. The van der Waals surface area contributed by atoms with Crippen LogP contribution in [0.25, 0.3) is 0 Å². The number of thiophene rings is 1. The van der Waals surface area contributed by atoms with E-state index in [0.29, 0.717) is 0 Å². The van der Waals surface area contributed by atoms with Crippen molar-refractivity contribution < 1.29 is 0 Å². The molecule has 0 amide bonds. The number of rotatable bonds is 5. The van der Waals surface area contributed by atoms with Crippen molar-refractivity contribution >= 4 is 41.3 Å². The third-order valence-electron chi connectivity index (χ3n) is 3.36.